The van der Waals surface area contributed by atoms with Crippen LogP contribution in [0.4, 0.5) is 5.69 Å². The second-order valence-corrected chi connectivity index (χ2v) is 7.88. The summed E-state index contributed by atoms with van der Waals surface area (Å²) in [6.07, 6.45) is -1.18. The normalized spacial score (nSPS) is 13.2. The number of hydrogen-bond acceptors (Lipinski definition) is 6. The highest BCUT2D eigenvalue weighted by Gasteiger charge is 2.26. The molecule has 2 rings (SSSR count). The summed E-state index contributed by atoms with van der Waals surface area (Å²) < 4.78 is 31.7. The van der Waals surface area contributed by atoms with Crippen LogP contribution in [0.15, 0.2) is 59.5 Å². The zero-order valence-electron chi connectivity index (χ0n) is 15.8. The molecule has 0 saturated carbocycles. The fourth-order valence-corrected chi connectivity index (χ4v) is 3.45. The van der Waals surface area contributed by atoms with Crippen LogP contribution in [0.25, 0.3) is 0 Å². The molecule has 10 heteroatoms. The van der Waals surface area contributed by atoms with Gasteiger partial charge >= 0.3 is 5.97 Å². The summed E-state index contributed by atoms with van der Waals surface area (Å²) in [5.74, 6) is -2.13. The molecule has 29 heavy (non-hydrogen) atoms. The maximum atomic E-state index is 12.3. The van der Waals surface area contributed by atoms with E-state index in [0.717, 1.165) is 0 Å². The molecule has 2 atom stereocenters. The van der Waals surface area contributed by atoms with Crippen molar-refractivity contribution >= 4 is 33.5 Å². The topological polar surface area (TPSA) is 145 Å². The van der Waals surface area contributed by atoms with Crippen molar-refractivity contribution in [3.8, 4) is 0 Å². The van der Waals surface area contributed by atoms with Crippen LogP contribution in [-0.4, -0.2) is 38.3 Å². The van der Waals surface area contributed by atoms with Crippen molar-refractivity contribution in [2.45, 2.75) is 30.9 Å². The van der Waals surface area contributed by atoms with E-state index in [2.05, 4.69) is 10.0 Å². The van der Waals surface area contributed by atoms with E-state index in [-0.39, 0.29) is 10.5 Å². The second-order valence-electron chi connectivity index (χ2n) is 6.17. The fraction of sp³-hybridized carbons (Fsp3) is 0.211. The van der Waals surface area contributed by atoms with E-state index in [9.17, 15) is 22.8 Å². The Balaban J connectivity index is 1.93. The monoisotopic (exact) mass is 419 g/mol. The number of sulfonamides is 1. The Hall–Kier alpha value is -3.24. The van der Waals surface area contributed by atoms with Crippen LogP contribution in [0.1, 0.15) is 24.2 Å². The maximum Gasteiger partial charge on any atom is 0.324 e. The van der Waals surface area contributed by atoms with E-state index in [1.54, 1.807) is 18.2 Å². The van der Waals surface area contributed by atoms with Gasteiger partial charge in [-0.1, -0.05) is 18.2 Å². The minimum Gasteiger partial charge on any atom is -0.451 e. The third kappa shape index (κ3) is 6.13. The summed E-state index contributed by atoms with van der Waals surface area (Å²) in [6, 6.07) is 12.2. The smallest absolute Gasteiger partial charge is 0.324 e. The Bertz CT molecular complexity index is 990. The average Bonchev–Trinajstić information content (AvgIpc) is 2.68. The zero-order chi connectivity index (χ0) is 21.6. The van der Waals surface area contributed by atoms with Gasteiger partial charge in [-0.15, -0.1) is 0 Å². The number of hydrogen-bond donors (Lipinski definition) is 3. The Kier molecular flexibility index (Phi) is 7.08. The first kappa shape index (κ1) is 22.1. The molecule has 0 spiro atoms. The number of rotatable bonds is 8. The van der Waals surface area contributed by atoms with Crippen LogP contribution in [0.5, 0.6) is 0 Å². The standard InChI is InChI=1S/C19H21N3O6S/c1-12(22-29(26,27)16-6-4-3-5-7-16)19(25)28-13(2)18(24)21-15-10-8-14(9-11-15)17(20)23/h3-13,22H,1-2H3,(H2,20,23)(H,21,24)/t12-,13?/m0/s1. The van der Waals surface area contributed by atoms with Crippen LogP contribution in [-0.2, 0) is 24.3 Å². The first-order valence-corrected chi connectivity index (χ1v) is 10.1. The van der Waals surface area contributed by atoms with Crippen molar-refractivity contribution in [3.05, 3.63) is 60.2 Å². The van der Waals surface area contributed by atoms with Gasteiger partial charge in [0.2, 0.25) is 15.9 Å². The van der Waals surface area contributed by atoms with Crippen molar-refractivity contribution < 1.29 is 27.5 Å². The highest BCUT2D eigenvalue weighted by atomic mass is 32.2. The minimum absolute atomic E-state index is 0.00449. The Morgan fingerprint density at radius 3 is 2.10 bits per heavy atom. The molecule has 0 aromatic heterocycles. The van der Waals surface area contributed by atoms with Gasteiger partial charge < -0.3 is 15.8 Å². The predicted octanol–water partition coefficient (Wildman–Crippen LogP) is 1.02. The maximum absolute atomic E-state index is 12.3. The highest BCUT2D eigenvalue weighted by molar-refractivity contribution is 7.89. The number of nitrogens with two attached hydrogens (primary N) is 1. The second kappa shape index (κ2) is 9.30. The number of ether oxygens (including phenoxy) is 1. The third-order valence-corrected chi connectivity index (χ3v) is 5.39. The molecule has 2 amide bonds. The molecule has 0 aliphatic heterocycles. The molecule has 0 saturated heterocycles. The van der Waals surface area contributed by atoms with Gasteiger partial charge in [-0.3, -0.25) is 14.4 Å². The molecule has 9 nitrogen and oxygen atoms in total. The van der Waals surface area contributed by atoms with Gasteiger partial charge in [0.15, 0.2) is 6.10 Å². The lowest BCUT2D eigenvalue weighted by molar-refractivity contribution is -0.154. The number of esters is 1. The van der Waals surface area contributed by atoms with Crippen LogP contribution < -0.4 is 15.8 Å². The quantitative estimate of drug-likeness (QED) is 0.545. The minimum atomic E-state index is -3.91. The summed E-state index contributed by atoms with van der Waals surface area (Å²) in [7, 11) is -3.91. The van der Waals surface area contributed by atoms with E-state index in [1.807, 2.05) is 0 Å². The Labute approximate surface area is 168 Å². The zero-order valence-corrected chi connectivity index (χ0v) is 16.6. The number of carbonyl (C=O) groups excluding carboxylic acids is 3. The number of primary amides is 1. The SMILES string of the molecule is CC(OC(=O)[C@H](C)NS(=O)(=O)c1ccccc1)C(=O)Nc1ccc(C(N)=O)cc1. The lowest BCUT2D eigenvalue weighted by atomic mass is 10.2. The molecular weight excluding hydrogens is 398 g/mol. The molecule has 4 N–H and O–H groups in total. The largest absolute Gasteiger partial charge is 0.451 e. The molecule has 0 aliphatic rings. The molecular formula is C19H21N3O6S. The molecule has 154 valence electrons. The number of benzene rings is 2. The molecule has 2 aromatic carbocycles. The molecule has 0 aliphatic carbocycles. The summed E-state index contributed by atoms with van der Waals surface area (Å²) in [6.45, 7) is 2.67. The van der Waals surface area contributed by atoms with Crippen molar-refractivity contribution in [1.82, 2.24) is 4.72 Å². The van der Waals surface area contributed by atoms with Gasteiger partial charge in [-0.05, 0) is 50.2 Å². The molecule has 0 fully saturated rings. The molecule has 0 heterocycles. The van der Waals surface area contributed by atoms with Crippen molar-refractivity contribution in [3.63, 3.8) is 0 Å². The van der Waals surface area contributed by atoms with Gasteiger partial charge in [0.25, 0.3) is 5.91 Å². The van der Waals surface area contributed by atoms with Gasteiger partial charge in [0, 0.05) is 11.3 Å². The first-order valence-electron chi connectivity index (χ1n) is 8.59. The lowest BCUT2D eigenvalue weighted by Gasteiger charge is -2.17. The fourth-order valence-electron chi connectivity index (χ4n) is 2.24. The van der Waals surface area contributed by atoms with Crippen molar-refractivity contribution in [1.29, 1.82) is 0 Å². The number of amides is 2. The van der Waals surface area contributed by atoms with Gasteiger partial charge in [-0.2, -0.15) is 4.72 Å². The van der Waals surface area contributed by atoms with Crippen LogP contribution >= 0.6 is 0 Å². The van der Waals surface area contributed by atoms with E-state index >= 15 is 0 Å². The van der Waals surface area contributed by atoms with E-state index in [0.29, 0.717) is 5.69 Å². The van der Waals surface area contributed by atoms with Gasteiger partial charge in [-0.25, -0.2) is 8.42 Å². The van der Waals surface area contributed by atoms with Crippen molar-refractivity contribution in [2.24, 2.45) is 5.73 Å². The average molecular weight is 419 g/mol. The summed E-state index contributed by atoms with van der Waals surface area (Å²) in [5.41, 5.74) is 5.80. The number of carbonyl (C=O) groups is 3. The summed E-state index contributed by atoms with van der Waals surface area (Å²) in [4.78, 5) is 35.4. The van der Waals surface area contributed by atoms with Crippen LogP contribution in [0, 0.1) is 0 Å². The van der Waals surface area contributed by atoms with Crippen LogP contribution in [0.2, 0.25) is 0 Å². The van der Waals surface area contributed by atoms with Gasteiger partial charge in [0.1, 0.15) is 6.04 Å². The Morgan fingerprint density at radius 2 is 1.55 bits per heavy atom. The predicted molar refractivity (Wildman–Crippen MR) is 105 cm³/mol. The highest BCUT2D eigenvalue weighted by Crippen LogP contribution is 2.11. The van der Waals surface area contributed by atoms with Gasteiger partial charge in [0.05, 0.1) is 4.90 Å². The first-order chi connectivity index (χ1) is 13.6. The third-order valence-electron chi connectivity index (χ3n) is 3.84. The van der Waals surface area contributed by atoms with E-state index in [4.69, 9.17) is 10.5 Å². The summed E-state index contributed by atoms with van der Waals surface area (Å²) in [5, 5.41) is 2.52. The molecule has 2 aromatic rings. The van der Waals surface area contributed by atoms with E-state index < -0.39 is 40.0 Å². The summed E-state index contributed by atoms with van der Waals surface area (Å²) >= 11 is 0. The van der Waals surface area contributed by atoms with Crippen molar-refractivity contribution in [2.75, 3.05) is 5.32 Å². The van der Waals surface area contributed by atoms with Crippen LogP contribution in [0.3, 0.4) is 0 Å². The number of anilines is 1. The Morgan fingerprint density at radius 1 is 0.966 bits per heavy atom. The number of nitrogens with one attached hydrogen (secondary N) is 2. The molecule has 0 bridgehead atoms. The van der Waals surface area contributed by atoms with E-state index in [1.165, 1.54) is 50.2 Å². The lowest BCUT2D eigenvalue weighted by Crippen LogP contribution is -2.42. The molecule has 0 radical (unpaired) electrons. The molecule has 1 unspecified atom stereocenters.